The molecule has 24 heavy (non-hydrogen) atoms. The average molecular weight is 337 g/mol. The van der Waals surface area contributed by atoms with Crippen molar-refractivity contribution in [2.45, 2.75) is 19.8 Å². The molecular formula is C19H31NO4. The molecule has 0 unspecified atom stereocenters. The molecule has 3 N–H and O–H groups in total. The first-order valence-electron chi connectivity index (χ1n) is 8.62. The van der Waals surface area contributed by atoms with E-state index in [1.807, 2.05) is 0 Å². The summed E-state index contributed by atoms with van der Waals surface area (Å²) in [6.07, 6.45) is 4.11. The van der Waals surface area contributed by atoms with Gasteiger partial charge >= 0.3 is 0 Å². The number of nitrogens with one attached hydrogen (secondary N) is 1. The smallest absolute Gasteiger partial charge is 0.0701 e. The number of hydrogen-bond donors (Lipinski definition) is 3. The molecule has 0 spiro atoms. The highest BCUT2D eigenvalue weighted by Gasteiger charge is 2.04. The summed E-state index contributed by atoms with van der Waals surface area (Å²) in [6, 6.07) is 8.79. The standard InChI is InChI=1S/C12H15N.C7H16O4/c1-10-2-4-11(5-3-10)12-6-8-13-9-7-12;8-2-1-4-10-6-7-11-5-3-9/h2-6,13H,7-9H2,1H3;8-9H,1-7H2. The molecule has 1 aliphatic rings. The molecule has 1 heterocycles. The summed E-state index contributed by atoms with van der Waals surface area (Å²) in [5.74, 6) is 0. The molecular weight excluding hydrogens is 306 g/mol. The van der Waals surface area contributed by atoms with Gasteiger partial charge in [-0.05, 0) is 37.4 Å². The molecule has 0 fully saturated rings. The summed E-state index contributed by atoms with van der Waals surface area (Å²) in [4.78, 5) is 0. The predicted molar refractivity (Wildman–Crippen MR) is 97.1 cm³/mol. The van der Waals surface area contributed by atoms with Crippen molar-refractivity contribution in [3.63, 3.8) is 0 Å². The van der Waals surface area contributed by atoms with E-state index in [2.05, 4.69) is 42.6 Å². The lowest BCUT2D eigenvalue weighted by Crippen LogP contribution is -2.19. The van der Waals surface area contributed by atoms with E-state index in [-0.39, 0.29) is 13.2 Å². The maximum absolute atomic E-state index is 8.36. The lowest BCUT2D eigenvalue weighted by molar-refractivity contribution is 0.0295. The topological polar surface area (TPSA) is 71.0 Å². The molecule has 0 amide bonds. The molecule has 2 rings (SSSR count). The fraction of sp³-hybridized carbons (Fsp3) is 0.579. The van der Waals surface area contributed by atoms with Crippen LogP contribution < -0.4 is 5.32 Å². The van der Waals surface area contributed by atoms with Gasteiger partial charge in [-0.15, -0.1) is 0 Å². The molecule has 0 bridgehead atoms. The van der Waals surface area contributed by atoms with Crippen molar-refractivity contribution in [3.05, 3.63) is 41.5 Å². The zero-order valence-electron chi connectivity index (χ0n) is 14.7. The van der Waals surface area contributed by atoms with Crippen molar-refractivity contribution in [1.82, 2.24) is 5.32 Å². The molecule has 1 aromatic carbocycles. The fourth-order valence-electron chi connectivity index (χ4n) is 2.21. The molecule has 0 aromatic heterocycles. The van der Waals surface area contributed by atoms with E-state index in [9.17, 15) is 0 Å². The Morgan fingerprint density at radius 1 is 0.958 bits per heavy atom. The molecule has 5 heteroatoms. The van der Waals surface area contributed by atoms with Crippen LogP contribution in [-0.4, -0.2) is 62.9 Å². The highest BCUT2D eigenvalue weighted by molar-refractivity contribution is 5.66. The number of hydrogen-bond acceptors (Lipinski definition) is 5. The SMILES string of the molecule is Cc1ccc(C2=CCNCC2)cc1.OCCCOCCOCCO. The summed E-state index contributed by atoms with van der Waals surface area (Å²) in [5.41, 5.74) is 4.20. The van der Waals surface area contributed by atoms with Crippen LogP contribution in [0, 0.1) is 6.92 Å². The van der Waals surface area contributed by atoms with Crippen LogP contribution in [0.5, 0.6) is 0 Å². The van der Waals surface area contributed by atoms with Gasteiger partial charge in [0.25, 0.3) is 0 Å². The normalized spacial score (nSPS) is 13.9. The van der Waals surface area contributed by atoms with Crippen molar-refractivity contribution < 1.29 is 19.7 Å². The molecule has 1 aromatic rings. The maximum Gasteiger partial charge on any atom is 0.0701 e. The molecule has 0 aliphatic carbocycles. The van der Waals surface area contributed by atoms with Gasteiger partial charge in [0.1, 0.15) is 0 Å². The van der Waals surface area contributed by atoms with Crippen LogP contribution in [0.3, 0.4) is 0 Å². The van der Waals surface area contributed by atoms with E-state index >= 15 is 0 Å². The van der Waals surface area contributed by atoms with Gasteiger partial charge in [0.05, 0.1) is 26.4 Å². The van der Waals surface area contributed by atoms with Crippen LogP contribution in [0.2, 0.25) is 0 Å². The number of ether oxygens (including phenoxy) is 2. The fourth-order valence-corrected chi connectivity index (χ4v) is 2.21. The Hall–Kier alpha value is -1.24. The van der Waals surface area contributed by atoms with Crippen LogP contribution >= 0.6 is 0 Å². The second kappa shape index (κ2) is 14.1. The number of aliphatic hydroxyl groups excluding tert-OH is 2. The number of rotatable bonds is 9. The first-order chi connectivity index (χ1) is 11.8. The molecule has 0 atom stereocenters. The van der Waals surface area contributed by atoms with Crippen LogP contribution in [0.15, 0.2) is 30.3 Å². The zero-order chi connectivity index (χ0) is 17.5. The lowest BCUT2D eigenvalue weighted by Gasteiger charge is -2.14. The number of aryl methyl sites for hydroxylation is 1. The quantitative estimate of drug-likeness (QED) is 0.599. The van der Waals surface area contributed by atoms with Gasteiger partial charge in [-0.2, -0.15) is 0 Å². The van der Waals surface area contributed by atoms with Crippen LogP contribution in [0.4, 0.5) is 0 Å². The van der Waals surface area contributed by atoms with Crippen molar-refractivity contribution in [2.75, 3.05) is 52.7 Å². The Bertz CT molecular complexity index is 437. The average Bonchev–Trinajstić information content (AvgIpc) is 2.63. The largest absolute Gasteiger partial charge is 0.396 e. The van der Waals surface area contributed by atoms with Crippen LogP contribution in [0.25, 0.3) is 5.57 Å². The highest BCUT2D eigenvalue weighted by atomic mass is 16.5. The monoisotopic (exact) mass is 337 g/mol. The Labute approximate surface area is 145 Å². The molecule has 0 saturated carbocycles. The minimum atomic E-state index is 0.0522. The van der Waals surface area contributed by atoms with Crippen molar-refractivity contribution in [1.29, 1.82) is 0 Å². The van der Waals surface area contributed by atoms with Gasteiger partial charge in [-0.3, -0.25) is 0 Å². The third-order valence-electron chi connectivity index (χ3n) is 3.54. The van der Waals surface area contributed by atoms with Crippen LogP contribution in [-0.2, 0) is 9.47 Å². The third kappa shape index (κ3) is 9.80. The maximum atomic E-state index is 8.36. The Balaban J connectivity index is 0.000000245. The Morgan fingerprint density at radius 2 is 1.67 bits per heavy atom. The van der Waals surface area contributed by atoms with Gasteiger partial charge in [-0.25, -0.2) is 0 Å². The lowest BCUT2D eigenvalue weighted by atomic mass is 9.99. The highest BCUT2D eigenvalue weighted by Crippen LogP contribution is 2.19. The van der Waals surface area contributed by atoms with Crippen molar-refractivity contribution in [3.8, 4) is 0 Å². The molecule has 0 saturated heterocycles. The number of benzene rings is 1. The second-order valence-corrected chi connectivity index (χ2v) is 5.58. The van der Waals surface area contributed by atoms with E-state index < -0.39 is 0 Å². The van der Waals surface area contributed by atoms with E-state index in [0.717, 1.165) is 19.5 Å². The van der Waals surface area contributed by atoms with Gasteiger partial charge in [-0.1, -0.05) is 35.9 Å². The predicted octanol–water partition coefficient (Wildman–Crippen LogP) is 1.77. The molecule has 1 aliphatic heterocycles. The summed E-state index contributed by atoms with van der Waals surface area (Å²) in [7, 11) is 0. The summed E-state index contributed by atoms with van der Waals surface area (Å²) >= 11 is 0. The third-order valence-corrected chi connectivity index (χ3v) is 3.54. The van der Waals surface area contributed by atoms with E-state index in [4.69, 9.17) is 19.7 Å². The van der Waals surface area contributed by atoms with E-state index in [1.54, 1.807) is 0 Å². The van der Waals surface area contributed by atoms with Crippen molar-refractivity contribution >= 4 is 5.57 Å². The Morgan fingerprint density at radius 3 is 2.25 bits per heavy atom. The molecule has 136 valence electrons. The van der Waals surface area contributed by atoms with Gasteiger partial charge < -0.3 is 25.0 Å². The van der Waals surface area contributed by atoms with Gasteiger partial charge in [0.15, 0.2) is 0 Å². The minimum Gasteiger partial charge on any atom is -0.396 e. The second-order valence-electron chi connectivity index (χ2n) is 5.58. The summed E-state index contributed by atoms with van der Waals surface area (Å²) in [5, 5.41) is 20.0. The first-order valence-corrected chi connectivity index (χ1v) is 8.62. The van der Waals surface area contributed by atoms with Crippen LogP contribution in [0.1, 0.15) is 24.0 Å². The first kappa shape index (κ1) is 20.8. The summed E-state index contributed by atoms with van der Waals surface area (Å²) < 4.78 is 9.98. The molecule has 5 nitrogen and oxygen atoms in total. The number of aliphatic hydroxyl groups is 2. The zero-order valence-corrected chi connectivity index (χ0v) is 14.7. The minimum absolute atomic E-state index is 0.0522. The van der Waals surface area contributed by atoms with Gasteiger partial charge in [0.2, 0.25) is 0 Å². The van der Waals surface area contributed by atoms with E-state index in [1.165, 1.54) is 16.7 Å². The van der Waals surface area contributed by atoms with E-state index in [0.29, 0.717) is 32.8 Å². The Kier molecular flexibility index (Phi) is 12.3. The molecule has 0 radical (unpaired) electrons. The summed E-state index contributed by atoms with van der Waals surface area (Å²) in [6.45, 7) is 6.44. The van der Waals surface area contributed by atoms with Crippen molar-refractivity contribution in [2.24, 2.45) is 0 Å². The van der Waals surface area contributed by atoms with Gasteiger partial charge in [0, 0.05) is 19.8 Å².